The summed E-state index contributed by atoms with van der Waals surface area (Å²) < 4.78 is 33.1. The van der Waals surface area contributed by atoms with Crippen molar-refractivity contribution in [3.05, 3.63) is 17.1 Å². The van der Waals surface area contributed by atoms with Crippen LogP contribution in [0, 0.1) is 19.8 Å². The molecule has 1 N–H and O–H groups in total. The molecular formula is C15H26N2O3S. The number of piperidine rings is 1. The summed E-state index contributed by atoms with van der Waals surface area (Å²) in [7, 11) is -3.46. The maximum atomic E-state index is 13.0. The number of rotatable bonds is 5. The van der Waals surface area contributed by atoms with E-state index in [1.807, 2.05) is 13.8 Å². The van der Waals surface area contributed by atoms with Crippen molar-refractivity contribution in [1.29, 1.82) is 0 Å². The molecule has 1 aromatic heterocycles. The Kier molecular flexibility index (Phi) is 5.11. The van der Waals surface area contributed by atoms with Crippen LogP contribution >= 0.6 is 0 Å². The molecule has 1 saturated heterocycles. The van der Waals surface area contributed by atoms with Crippen molar-refractivity contribution in [2.45, 2.75) is 52.0 Å². The summed E-state index contributed by atoms with van der Waals surface area (Å²) >= 11 is 0. The maximum Gasteiger partial charge on any atom is 0.246 e. The minimum absolute atomic E-state index is 0.371. The predicted molar refractivity (Wildman–Crippen MR) is 82.7 cm³/mol. The van der Waals surface area contributed by atoms with Crippen LogP contribution in [0.3, 0.4) is 0 Å². The highest BCUT2D eigenvalue weighted by atomic mass is 32.2. The summed E-state index contributed by atoms with van der Waals surface area (Å²) in [6, 6.07) is 0. The third kappa shape index (κ3) is 3.33. The molecule has 0 spiro atoms. The first kappa shape index (κ1) is 16.5. The Bertz CT molecular complexity index is 584. The topological polar surface area (TPSA) is 62.6 Å². The number of nitrogens with one attached hydrogen (secondary N) is 1. The van der Waals surface area contributed by atoms with E-state index in [1.54, 1.807) is 11.2 Å². The van der Waals surface area contributed by atoms with Crippen molar-refractivity contribution in [1.82, 2.24) is 9.62 Å². The van der Waals surface area contributed by atoms with Crippen LogP contribution in [-0.2, 0) is 16.6 Å². The molecular weight excluding hydrogens is 288 g/mol. The number of furan rings is 1. The molecule has 0 amide bonds. The van der Waals surface area contributed by atoms with Crippen molar-refractivity contribution in [2.75, 3.05) is 19.6 Å². The monoisotopic (exact) mass is 314 g/mol. The lowest BCUT2D eigenvalue weighted by Crippen LogP contribution is -2.38. The van der Waals surface area contributed by atoms with E-state index >= 15 is 0 Å². The molecule has 0 bridgehead atoms. The third-order valence-corrected chi connectivity index (χ3v) is 6.31. The van der Waals surface area contributed by atoms with Gasteiger partial charge in [0, 0.05) is 25.2 Å². The van der Waals surface area contributed by atoms with Gasteiger partial charge in [-0.15, -0.1) is 0 Å². The lowest BCUT2D eigenvalue weighted by molar-refractivity contribution is 0.287. The molecule has 2 rings (SSSR count). The third-order valence-electron chi connectivity index (χ3n) is 4.22. The van der Waals surface area contributed by atoms with Crippen LogP contribution < -0.4 is 5.32 Å². The van der Waals surface area contributed by atoms with Gasteiger partial charge in [0.25, 0.3) is 0 Å². The van der Waals surface area contributed by atoms with E-state index in [0.717, 1.165) is 24.9 Å². The van der Waals surface area contributed by atoms with Crippen molar-refractivity contribution in [3.8, 4) is 0 Å². The summed E-state index contributed by atoms with van der Waals surface area (Å²) in [6.07, 6.45) is 1.86. The summed E-state index contributed by atoms with van der Waals surface area (Å²) in [5.74, 6) is 1.79. The Labute approximate surface area is 127 Å². The van der Waals surface area contributed by atoms with Gasteiger partial charge in [-0.05, 0) is 39.2 Å². The van der Waals surface area contributed by atoms with Gasteiger partial charge in [0.2, 0.25) is 10.0 Å². The Hall–Kier alpha value is -0.850. The highest BCUT2D eigenvalue weighted by molar-refractivity contribution is 7.89. The molecule has 1 aromatic rings. The number of nitrogens with zero attached hydrogens (tertiary/aromatic N) is 1. The Morgan fingerprint density at radius 1 is 1.24 bits per heavy atom. The molecule has 21 heavy (non-hydrogen) atoms. The van der Waals surface area contributed by atoms with Gasteiger partial charge < -0.3 is 9.73 Å². The van der Waals surface area contributed by atoms with Gasteiger partial charge in [-0.1, -0.05) is 13.8 Å². The minimum Gasteiger partial charge on any atom is -0.465 e. The van der Waals surface area contributed by atoms with Crippen LogP contribution in [0.5, 0.6) is 0 Å². The number of aryl methyl sites for hydroxylation is 2. The predicted octanol–water partition coefficient (Wildman–Crippen LogP) is 2.43. The first-order valence-electron chi connectivity index (χ1n) is 7.67. The second kappa shape index (κ2) is 6.50. The van der Waals surface area contributed by atoms with Crippen LogP contribution in [0.2, 0.25) is 0 Å². The van der Waals surface area contributed by atoms with Gasteiger partial charge in [0.05, 0.1) is 0 Å². The lowest BCUT2D eigenvalue weighted by Gasteiger charge is -2.29. The molecule has 0 unspecified atom stereocenters. The van der Waals surface area contributed by atoms with E-state index in [2.05, 4.69) is 12.2 Å². The van der Waals surface area contributed by atoms with Crippen molar-refractivity contribution in [3.63, 3.8) is 0 Å². The highest BCUT2D eigenvalue weighted by Gasteiger charge is 2.33. The molecule has 120 valence electrons. The molecule has 0 aromatic carbocycles. The summed E-state index contributed by atoms with van der Waals surface area (Å²) in [5, 5.41) is 3.20. The number of hydrogen-bond acceptors (Lipinski definition) is 4. The molecule has 1 aliphatic heterocycles. The Balaban J connectivity index is 2.35. The zero-order chi connectivity index (χ0) is 15.6. The molecule has 1 aliphatic rings. The number of sulfonamides is 1. The van der Waals surface area contributed by atoms with E-state index in [0.29, 0.717) is 42.0 Å². The molecule has 0 atom stereocenters. The fourth-order valence-electron chi connectivity index (χ4n) is 2.86. The van der Waals surface area contributed by atoms with Crippen LogP contribution in [-0.4, -0.2) is 32.4 Å². The summed E-state index contributed by atoms with van der Waals surface area (Å²) in [5.41, 5.74) is 0.771. The summed E-state index contributed by atoms with van der Waals surface area (Å²) in [4.78, 5) is 0.371. The van der Waals surface area contributed by atoms with Crippen LogP contribution in [0.4, 0.5) is 0 Å². The second-order valence-corrected chi connectivity index (χ2v) is 7.76. The van der Waals surface area contributed by atoms with Crippen LogP contribution in [0.1, 0.15) is 43.8 Å². The van der Waals surface area contributed by atoms with E-state index in [4.69, 9.17) is 4.42 Å². The second-order valence-electron chi connectivity index (χ2n) is 5.89. The van der Waals surface area contributed by atoms with E-state index < -0.39 is 10.0 Å². The first-order chi connectivity index (χ1) is 9.87. The first-order valence-corrected chi connectivity index (χ1v) is 9.11. The zero-order valence-electron chi connectivity index (χ0n) is 13.4. The van der Waals surface area contributed by atoms with E-state index in [9.17, 15) is 8.42 Å². The van der Waals surface area contributed by atoms with Crippen molar-refractivity contribution < 1.29 is 12.8 Å². The van der Waals surface area contributed by atoms with Gasteiger partial charge in [0.15, 0.2) is 0 Å². The Morgan fingerprint density at radius 3 is 2.43 bits per heavy atom. The largest absolute Gasteiger partial charge is 0.465 e. The van der Waals surface area contributed by atoms with Crippen LogP contribution in [0.25, 0.3) is 0 Å². The fourth-order valence-corrected chi connectivity index (χ4v) is 4.74. The van der Waals surface area contributed by atoms with E-state index in [-0.39, 0.29) is 0 Å². The lowest BCUT2D eigenvalue weighted by atomic mass is 10.0. The summed E-state index contributed by atoms with van der Waals surface area (Å²) in [6.45, 7) is 10.3. The average Bonchev–Trinajstić information content (AvgIpc) is 2.71. The van der Waals surface area contributed by atoms with Gasteiger partial charge >= 0.3 is 0 Å². The molecule has 6 heteroatoms. The van der Waals surface area contributed by atoms with Gasteiger partial charge in [-0.3, -0.25) is 0 Å². The van der Waals surface area contributed by atoms with Gasteiger partial charge in [0.1, 0.15) is 16.4 Å². The zero-order valence-corrected chi connectivity index (χ0v) is 14.2. The van der Waals surface area contributed by atoms with Crippen molar-refractivity contribution >= 4 is 10.0 Å². The molecule has 2 heterocycles. The normalized spacial score (nSPS) is 18.3. The molecule has 0 saturated carbocycles. The maximum absolute atomic E-state index is 13.0. The van der Waals surface area contributed by atoms with Crippen LogP contribution in [0.15, 0.2) is 9.31 Å². The number of hydrogen-bond donors (Lipinski definition) is 1. The van der Waals surface area contributed by atoms with Crippen molar-refractivity contribution in [2.24, 2.45) is 5.92 Å². The SMILES string of the molecule is CCNCc1c(C)oc(C)c1S(=O)(=O)N1CCC(C)CC1. The fraction of sp³-hybridized carbons (Fsp3) is 0.733. The quantitative estimate of drug-likeness (QED) is 0.906. The van der Waals surface area contributed by atoms with Gasteiger partial charge in [-0.25, -0.2) is 8.42 Å². The molecule has 0 radical (unpaired) electrons. The van der Waals surface area contributed by atoms with E-state index in [1.165, 1.54) is 0 Å². The highest BCUT2D eigenvalue weighted by Crippen LogP contribution is 2.31. The van der Waals surface area contributed by atoms with Gasteiger partial charge in [-0.2, -0.15) is 4.31 Å². The Morgan fingerprint density at radius 2 is 1.86 bits per heavy atom. The molecule has 5 nitrogen and oxygen atoms in total. The minimum atomic E-state index is -3.46. The molecule has 1 fully saturated rings. The smallest absolute Gasteiger partial charge is 0.246 e. The average molecular weight is 314 g/mol. The molecule has 0 aliphatic carbocycles. The standard InChI is InChI=1S/C15H26N2O3S/c1-5-16-10-14-12(3)20-13(4)15(14)21(18,19)17-8-6-11(2)7-9-17/h11,16H,5-10H2,1-4H3.